The third-order valence-corrected chi connectivity index (χ3v) is 6.35. The molecule has 1 heterocycles. The van der Waals surface area contributed by atoms with Crippen molar-refractivity contribution < 1.29 is 4.79 Å². The second-order valence-electron chi connectivity index (χ2n) is 9.09. The van der Waals surface area contributed by atoms with E-state index >= 15 is 0 Å². The van der Waals surface area contributed by atoms with Crippen LogP contribution >= 0.6 is 0 Å². The van der Waals surface area contributed by atoms with Crippen LogP contribution in [0.1, 0.15) is 59.9 Å². The summed E-state index contributed by atoms with van der Waals surface area (Å²) in [6.45, 7) is 7.92. The highest BCUT2D eigenvalue weighted by Gasteiger charge is 2.23. The molecule has 0 unspecified atom stereocenters. The fourth-order valence-electron chi connectivity index (χ4n) is 4.53. The van der Waals surface area contributed by atoms with Gasteiger partial charge in [-0.3, -0.25) is 4.79 Å². The maximum Gasteiger partial charge on any atom is 0.220 e. The quantitative estimate of drug-likeness (QED) is 0.288. The van der Waals surface area contributed by atoms with Gasteiger partial charge in [0.2, 0.25) is 5.91 Å². The number of para-hydroxylation sites is 1. The van der Waals surface area contributed by atoms with Gasteiger partial charge in [0, 0.05) is 42.5 Å². The molecule has 0 bridgehead atoms. The second kappa shape index (κ2) is 10.5. The zero-order valence-electron chi connectivity index (χ0n) is 20.0. The molecule has 0 fully saturated rings. The van der Waals surface area contributed by atoms with Crippen LogP contribution in [0, 0.1) is 13.8 Å². The van der Waals surface area contributed by atoms with Gasteiger partial charge in [0.15, 0.2) is 0 Å². The molecule has 3 aromatic carbocycles. The molecule has 170 valence electrons. The summed E-state index contributed by atoms with van der Waals surface area (Å²) in [6, 6.07) is 25.9. The Balaban J connectivity index is 1.74. The number of rotatable bonds is 9. The Labute approximate surface area is 197 Å². The van der Waals surface area contributed by atoms with E-state index < -0.39 is 0 Å². The van der Waals surface area contributed by atoms with E-state index in [0.29, 0.717) is 6.42 Å². The number of nitrogens with one attached hydrogen (secondary N) is 1. The number of hydrogen-bond acceptors (Lipinski definition) is 1. The zero-order valence-corrected chi connectivity index (χ0v) is 20.0. The Bertz CT molecular complexity index is 1220. The summed E-state index contributed by atoms with van der Waals surface area (Å²) in [5.74, 6) is 0.126. The van der Waals surface area contributed by atoms with Crippen LogP contribution in [-0.4, -0.2) is 17.0 Å². The van der Waals surface area contributed by atoms with Gasteiger partial charge in [-0.2, -0.15) is 0 Å². The number of carbonyl (C=O) groups is 1. The average Bonchev–Trinajstić information content (AvgIpc) is 3.17. The smallest absolute Gasteiger partial charge is 0.220 e. The number of nitrogens with zero attached hydrogens (tertiary/aromatic N) is 1. The number of benzene rings is 3. The van der Waals surface area contributed by atoms with Gasteiger partial charge >= 0.3 is 0 Å². The van der Waals surface area contributed by atoms with E-state index in [1.54, 1.807) is 0 Å². The lowest BCUT2D eigenvalue weighted by Gasteiger charge is -2.18. The largest absolute Gasteiger partial charge is 0.356 e. The summed E-state index contributed by atoms with van der Waals surface area (Å²) in [6.07, 6.45) is 4.80. The molecule has 0 saturated carbocycles. The first-order valence-electron chi connectivity index (χ1n) is 12.0. The van der Waals surface area contributed by atoms with E-state index in [2.05, 4.69) is 110 Å². The third-order valence-electron chi connectivity index (χ3n) is 6.35. The minimum Gasteiger partial charge on any atom is -0.356 e. The fraction of sp³-hybridized carbons (Fsp3) is 0.300. The molecule has 1 N–H and O–H groups in total. The van der Waals surface area contributed by atoms with Gasteiger partial charge in [-0.25, -0.2) is 0 Å². The minimum atomic E-state index is 0.00990. The van der Waals surface area contributed by atoms with E-state index in [1.165, 1.54) is 38.7 Å². The van der Waals surface area contributed by atoms with E-state index in [0.717, 1.165) is 25.9 Å². The molecule has 0 saturated heterocycles. The lowest BCUT2D eigenvalue weighted by Crippen LogP contribution is -2.26. The van der Waals surface area contributed by atoms with E-state index in [4.69, 9.17) is 0 Å². The average molecular weight is 439 g/mol. The highest BCUT2D eigenvalue weighted by atomic mass is 16.1. The van der Waals surface area contributed by atoms with Crippen molar-refractivity contribution in [1.29, 1.82) is 0 Å². The summed E-state index contributed by atoms with van der Waals surface area (Å²) < 4.78 is 2.33. The Morgan fingerprint density at radius 2 is 1.73 bits per heavy atom. The van der Waals surface area contributed by atoms with Crippen LogP contribution in [-0.2, 0) is 11.3 Å². The van der Waals surface area contributed by atoms with E-state index in [1.807, 2.05) is 0 Å². The van der Waals surface area contributed by atoms with Crippen LogP contribution in [0.3, 0.4) is 0 Å². The lowest BCUT2D eigenvalue weighted by molar-refractivity contribution is -0.121. The number of aryl methyl sites for hydroxylation is 2. The monoisotopic (exact) mass is 438 g/mol. The van der Waals surface area contributed by atoms with Gasteiger partial charge in [-0.05, 0) is 43.0 Å². The first kappa shape index (κ1) is 22.8. The van der Waals surface area contributed by atoms with Gasteiger partial charge < -0.3 is 9.88 Å². The Morgan fingerprint density at radius 3 is 2.48 bits per heavy atom. The van der Waals surface area contributed by atoms with Crippen LogP contribution in [0.2, 0.25) is 0 Å². The molecule has 4 rings (SSSR count). The number of aromatic nitrogens is 1. The normalized spacial score (nSPS) is 12.1. The van der Waals surface area contributed by atoms with Crippen LogP contribution < -0.4 is 5.32 Å². The molecule has 3 heteroatoms. The van der Waals surface area contributed by atoms with Crippen molar-refractivity contribution in [3.05, 3.63) is 107 Å². The van der Waals surface area contributed by atoms with Gasteiger partial charge in [0.05, 0.1) is 0 Å². The Morgan fingerprint density at radius 1 is 0.939 bits per heavy atom. The summed E-state index contributed by atoms with van der Waals surface area (Å²) in [4.78, 5) is 12.9. The number of amides is 1. The maximum atomic E-state index is 12.9. The van der Waals surface area contributed by atoms with Crippen molar-refractivity contribution in [3.63, 3.8) is 0 Å². The molecule has 0 spiro atoms. The number of hydrogen-bond donors (Lipinski definition) is 1. The predicted molar refractivity (Wildman–Crippen MR) is 138 cm³/mol. The van der Waals surface area contributed by atoms with Crippen LogP contribution in [0.25, 0.3) is 10.9 Å². The molecule has 0 aliphatic carbocycles. The highest BCUT2D eigenvalue weighted by molar-refractivity contribution is 5.86. The molecule has 0 aliphatic rings. The summed E-state index contributed by atoms with van der Waals surface area (Å²) in [7, 11) is 0. The van der Waals surface area contributed by atoms with Crippen LogP contribution in [0.15, 0.2) is 79.0 Å². The Kier molecular flexibility index (Phi) is 7.29. The van der Waals surface area contributed by atoms with E-state index in [-0.39, 0.29) is 11.8 Å². The minimum absolute atomic E-state index is 0.00990. The van der Waals surface area contributed by atoms with Crippen molar-refractivity contribution in [2.45, 2.75) is 52.5 Å². The molecule has 4 aromatic rings. The first-order valence-corrected chi connectivity index (χ1v) is 12.0. The fourth-order valence-corrected chi connectivity index (χ4v) is 4.53. The van der Waals surface area contributed by atoms with Crippen molar-refractivity contribution in [2.75, 3.05) is 6.54 Å². The molecule has 33 heavy (non-hydrogen) atoms. The maximum absolute atomic E-state index is 12.9. The van der Waals surface area contributed by atoms with Gasteiger partial charge in [-0.1, -0.05) is 91.2 Å². The van der Waals surface area contributed by atoms with Crippen molar-refractivity contribution in [1.82, 2.24) is 9.88 Å². The van der Waals surface area contributed by atoms with Crippen molar-refractivity contribution in [2.24, 2.45) is 0 Å². The summed E-state index contributed by atoms with van der Waals surface area (Å²) in [5, 5.41) is 4.34. The molecule has 0 aliphatic heterocycles. The molecular weight excluding hydrogens is 404 g/mol. The molecular formula is C30H34N2O. The topological polar surface area (TPSA) is 34.0 Å². The molecule has 0 radical (unpaired) electrons. The SMILES string of the molecule is CCCCNC(=O)C[C@H](c1cccc(C)c1)c1cn(Cc2ccc(C)cc2)c2ccccc12. The molecule has 3 nitrogen and oxygen atoms in total. The third kappa shape index (κ3) is 5.54. The van der Waals surface area contributed by atoms with Crippen molar-refractivity contribution in [3.8, 4) is 0 Å². The standard InChI is InChI=1S/C30H34N2O/c1-4-5-17-31-30(33)19-27(25-10-8-9-23(3)18-25)28-21-32(29-12-7-6-11-26(28)29)20-24-15-13-22(2)14-16-24/h6-16,18,21,27H,4-5,17,19-20H2,1-3H3,(H,31,33)/t27-/m1/s1. The summed E-state index contributed by atoms with van der Waals surface area (Å²) in [5.41, 5.74) is 7.37. The molecule has 1 atom stereocenters. The highest BCUT2D eigenvalue weighted by Crippen LogP contribution is 2.35. The molecule has 1 amide bonds. The second-order valence-corrected chi connectivity index (χ2v) is 9.09. The first-order chi connectivity index (χ1) is 16.0. The molecule has 1 aromatic heterocycles. The van der Waals surface area contributed by atoms with Gasteiger partial charge in [0.25, 0.3) is 0 Å². The van der Waals surface area contributed by atoms with Crippen LogP contribution in [0.4, 0.5) is 0 Å². The van der Waals surface area contributed by atoms with Crippen molar-refractivity contribution >= 4 is 16.8 Å². The number of fused-ring (bicyclic) bond motifs is 1. The Hall–Kier alpha value is -3.33. The van der Waals surface area contributed by atoms with Crippen LogP contribution in [0.5, 0.6) is 0 Å². The summed E-state index contributed by atoms with van der Waals surface area (Å²) >= 11 is 0. The van der Waals surface area contributed by atoms with E-state index in [9.17, 15) is 4.79 Å². The predicted octanol–water partition coefficient (Wildman–Crippen LogP) is 6.74. The number of carbonyl (C=O) groups excluding carboxylic acids is 1. The lowest BCUT2D eigenvalue weighted by atomic mass is 9.87. The zero-order chi connectivity index (χ0) is 23.2. The van der Waals surface area contributed by atoms with Gasteiger partial charge in [0.1, 0.15) is 0 Å². The van der Waals surface area contributed by atoms with Gasteiger partial charge in [-0.15, -0.1) is 0 Å². The number of unbranched alkanes of at least 4 members (excludes halogenated alkanes) is 1.